The summed E-state index contributed by atoms with van der Waals surface area (Å²) in [7, 11) is 3.51. The van der Waals surface area contributed by atoms with Crippen molar-refractivity contribution in [3.8, 4) is 5.88 Å². The molecule has 0 amide bonds. The first-order chi connectivity index (χ1) is 9.11. The summed E-state index contributed by atoms with van der Waals surface area (Å²) < 4.78 is 7.14. The zero-order valence-electron chi connectivity index (χ0n) is 11.4. The average molecular weight is 278 g/mol. The molecule has 0 radical (unpaired) electrons. The minimum atomic E-state index is -0.251. The molecule has 19 heavy (non-hydrogen) atoms. The summed E-state index contributed by atoms with van der Waals surface area (Å²) in [5.74, 6) is 0.723. The van der Waals surface area contributed by atoms with Crippen molar-refractivity contribution in [2.75, 3.05) is 7.11 Å². The summed E-state index contributed by atoms with van der Waals surface area (Å²) >= 11 is 1.73. The van der Waals surface area contributed by atoms with E-state index in [2.05, 4.69) is 5.10 Å². The van der Waals surface area contributed by atoms with Crippen LogP contribution in [0, 0.1) is 6.92 Å². The van der Waals surface area contributed by atoms with Crippen molar-refractivity contribution < 1.29 is 4.74 Å². The molecular weight excluding hydrogens is 260 g/mol. The highest BCUT2D eigenvalue weighted by Gasteiger charge is 2.26. The van der Waals surface area contributed by atoms with Gasteiger partial charge < -0.3 is 10.5 Å². The predicted octanol–water partition coefficient (Wildman–Crippen LogP) is 1.73. The quantitative estimate of drug-likeness (QED) is 0.928. The number of ether oxygens (including phenoxy) is 1. The minimum absolute atomic E-state index is 0.251. The molecule has 0 fully saturated rings. The third kappa shape index (κ3) is 1.95. The molecule has 0 bridgehead atoms. The summed E-state index contributed by atoms with van der Waals surface area (Å²) in [6.07, 6.45) is 3.45. The molecule has 0 aromatic carbocycles. The van der Waals surface area contributed by atoms with Gasteiger partial charge in [-0.05, 0) is 26.2 Å². The van der Waals surface area contributed by atoms with Crippen molar-refractivity contribution in [3.05, 3.63) is 26.8 Å². The molecule has 0 saturated carbocycles. The van der Waals surface area contributed by atoms with E-state index in [0.717, 1.165) is 35.0 Å². The van der Waals surface area contributed by atoms with Crippen LogP contribution < -0.4 is 10.5 Å². The van der Waals surface area contributed by atoms with Crippen LogP contribution >= 0.6 is 11.3 Å². The van der Waals surface area contributed by atoms with Crippen LogP contribution in [0.4, 0.5) is 0 Å². The molecule has 1 aliphatic carbocycles. The summed E-state index contributed by atoms with van der Waals surface area (Å²) in [6, 6.07) is -0.251. The lowest BCUT2D eigenvalue weighted by Gasteiger charge is -2.10. The molecule has 102 valence electrons. The first-order valence-electron chi connectivity index (χ1n) is 6.43. The Kier molecular flexibility index (Phi) is 3.06. The Morgan fingerprint density at radius 2 is 2.21 bits per heavy atom. The second-order valence-electron chi connectivity index (χ2n) is 4.89. The van der Waals surface area contributed by atoms with Crippen molar-refractivity contribution in [1.29, 1.82) is 0 Å². The number of thiazole rings is 1. The van der Waals surface area contributed by atoms with E-state index < -0.39 is 0 Å². The Labute approximate surface area is 116 Å². The second-order valence-corrected chi connectivity index (χ2v) is 6.00. The number of rotatable bonds is 3. The van der Waals surface area contributed by atoms with E-state index in [1.54, 1.807) is 23.1 Å². The zero-order chi connectivity index (χ0) is 13.6. The smallest absolute Gasteiger partial charge is 0.216 e. The van der Waals surface area contributed by atoms with Crippen LogP contribution in [-0.2, 0) is 19.9 Å². The molecule has 2 aromatic rings. The monoisotopic (exact) mass is 278 g/mol. The van der Waals surface area contributed by atoms with Crippen LogP contribution in [0.5, 0.6) is 5.88 Å². The topological polar surface area (TPSA) is 66.0 Å². The maximum Gasteiger partial charge on any atom is 0.216 e. The molecule has 0 aliphatic heterocycles. The Morgan fingerprint density at radius 3 is 2.89 bits per heavy atom. The maximum absolute atomic E-state index is 6.38. The highest BCUT2D eigenvalue weighted by Crippen LogP contribution is 2.36. The van der Waals surface area contributed by atoms with E-state index in [9.17, 15) is 0 Å². The second kappa shape index (κ2) is 4.61. The van der Waals surface area contributed by atoms with Gasteiger partial charge in [0, 0.05) is 11.9 Å². The first kappa shape index (κ1) is 12.6. The van der Waals surface area contributed by atoms with E-state index in [0.29, 0.717) is 0 Å². The van der Waals surface area contributed by atoms with E-state index in [4.69, 9.17) is 15.5 Å². The normalized spacial score (nSPS) is 15.6. The van der Waals surface area contributed by atoms with Crippen LogP contribution in [0.3, 0.4) is 0 Å². The van der Waals surface area contributed by atoms with Crippen molar-refractivity contribution in [2.45, 2.75) is 32.2 Å². The van der Waals surface area contributed by atoms with Crippen LogP contribution in [0.1, 0.15) is 39.3 Å². The lowest BCUT2D eigenvalue weighted by atomic mass is 10.1. The summed E-state index contributed by atoms with van der Waals surface area (Å²) in [5, 5.41) is 5.35. The van der Waals surface area contributed by atoms with Gasteiger partial charge in [0.05, 0.1) is 30.1 Å². The number of nitrogens with two attached hydrogens (primary N) is 1. The van der Waals surface area contributed by atoms with E-state index in [1.807, 2.05) is 14.0 Å². The fourth-order valence-corrected chi connectivity index (χ4v) is 3.89. The molecule has 2 heterocycles. The molecule has 5 nitrogen and oxygen atoms in total. The van der Waals surface area contributed by atoms with Crippen LogP contribution in [-0.4, -0.2) is 21.9 Å². The number of hydrogen-bond acceptors (Lipinski definition) is 5. The Morgan fingerprint density at radius 1 is 1.42 bits per heavy atom. The number of hydrogen-bond donors (Lipinski definition) is 1. The van der Waals surface area contributed by atoms with Gasteiger partial charge in [-0.3, -0.25) is 0 Å². The standard InChI is InChI=1S/C13H18N4OS/c1-7-10(13(18-3)17(2)16-7)11(14)12-15-8-5-4-6-9(8)19-12/h11H,4-6,14H2,1-3H3. The van der Waals surface area contributed by atoms with E-state index >= 15 is 0 Å². The lowest BCUT2D eigenvalue weighted by Crippen LogP contribution is -2.13. The number of aromatic nitrogens is 3. The van der Waals surface area contributed by atoms with Gasteiger partial charge in [0.15, 0.2) is 0 Å². The van der Waals surface area contributed by atoms with Gasteiger partial charge in [0.2, 0.25) is 5.88 Å². The Balaban J connectivity index is 2.01. The molecular formula is C13H18N4OS. The molecule has 3 rings (SSSR count). The van der Waals surface area contributed by atoms with Crippen LogP contribution in [0.15, 0.2) is 0 Å². The zero-order valence-corrected chi connectivity index (χ0v) is 12.3. The summed E-state index contributed by atoms with van der Waals surface area (Å²) in [6.45, 7) is 1.96. The van der Waals surface area contributed by atoms with E-state index in [1.165, 1.54) is 17.0 Å². The van der Waals surface area contributed by atoms with Crippen molar-refractivity contribution >= 4 is 11.3 Å². The lowest BCUT2D eigenvalue weighted by molar-refractivity contribution is 0.368. The van der Waals surface area contributed by atoms with Crippen LogP contribution in [0.2, 0.25) is 0 Å². The summed E-state index contributed by atoms with van der Waals surface area (Å²) in [5.41, 5.74) is 9.46. The molecule has 6 heteroatoms. The Bertz CT molecular complexity index is 595. The number of aryl methyl sites for hydroxylation is 4. The van der Waals surface area contributed by atoms with Gasteiger partial charge in [0.1, 0.15) is 5.01 Å². The van der Waals surface area contributed by atoms with Gasteiger partial charge in [-0.1, -0.05) is 0 Å². The van der Waals surface area contributed by atoms with Crippen molar-refractivity contribution in [3.63, 3.8) is 0 Å². The predicted molar refractivity (Wildman–Crippen MR) is 74.7 cm³/mol. The van der Waals surface area contributed by atoms with Gasteiger partial charge in [0.25, 0.3) is 0 Å². The first-order valence-corrected chi connectivity index (χ1v) is 7.25. The van der Waals surface area contributed by atoms with Gasteiger partial charge >= 0.3 is 0 Å². The molecule has 0 saturated heterocycles. The average Bonchev–Trinajstić information content (AvgIpc) is 3.00. The minimum Gasteiger partial charge on any atom is -0.481 e. The molecule has 1 unspecified atom stereocenters. The summed E-state index contributed by atoms with van der Waals surface area (Å²) in [4.78, 5) is 6.09. The van der Waals surface area contributed by atoms with E-state index in [-0.39, 0.29) is 6.04 Å². The molecule has 1 aliphatic rings. The van der Waals surface area contributed by atoms with Crippen molar-refractivity contribution in [1.82, 2.24) is 14.8 Å². The number of methoxy groups -OCH3 is 1. The molecule has 1 atom stereocenters. The largest absolute Gasteiger partial charge is 0.481 e. The fraction of sp³-hybridized carbons (Fsp3) is 0.538. The Hall–Kier alpha value is -1.40. The number of nitrogens with zero attached hydrogens (tertiary/aromatic N) is 3. The van der Waals surface area contributed by atoms with Gasteiger partial charge in [-0.25, -0.2) is 9.67 Å². The SMILES string of the molecule is COc1c(C(N)c2nc3c(s2)CCC3)c(C)nn1C. The van der Waals surface area contributed by atoms with Gasteiger partial charge in [-0.2, -0.15) is 5.10 Å². The van der Waals surface area contributed by atoms with Crippen LogP contribution in [0.25, 0.3) is 0 Å². The third-order valence-corrected chi connectivity index (χ3v) is 4.84. The molecule has 0 spiro atoms. The maximum atomic E-state index is 6.38. The molecule has 2 N–H and O–H groups in total. The fourth-order valence-electron chi connectivity index (χ4n) is 2.72. The van der Waals surface area contributed by atoms with Crippen molar-refractivity contribution in [2.24, 2.45) is 12.8 Å². The van der Waals surface area contributed by atoms with Gasteiger partial charge in [-0.15, -0.1) is 11.3 Å². The number of fused-ring (bicyclic) bond motifs is 1. The third-order valence-electron chi connectivity index (χ3n) is 3.60. The molecule has 2 aromatic heterocycles. The highest BCUT2D eigenvalue weighted by molar-refractivity contribution is 7.11. The highest BCUT2D eigenvalue weighted by atomic mass is 32.1.